The summed E-state index contributed by atoms with van der Waals surface area (Å²) in [6.07, 6.45) is 2.84. The molecule has 0 saturated carbocycles. The number of nitrogens with zero attached hydrogens (tertiary/aromatic N) is 1. The van der Waals surface area contributed by atoms with Gasteiger partial charge in [0.2, 0.25) is 0 Å². The maximum absolute atomic E-state index is 5.57. The number of hydrogen-bond donors (Lipinski definition) is 2. The van der Waals surface area contributed by atoms with Crippen molar-refractivity contribution in [3.63, 3.8) is 0 Å². The molecule has 0 aromatic carbocycles. The van der Waals surface area contributed by atoms with Crippen molar-refractivity contribution in [1.29, 1.82) is 0 Å². The van der Waals surface area contributed by atoms with Gasteiger partial charge < -0.3 is 11.1 Å². The van der Waals surface area contributed by atoms with Crippen molar-refractivity contribution in [1.82, 2.24) is 4.98 Å². The first-order valence-electron chi connectivity index (χ1n) is 5.44. The van der Waals surface area contributed by atoms with Gasteiger partial charge >= 0.3 is 0 Å². The molecule has 3 nitrogen and oxygen atoms in total. The van der Waals surface area contributed by atoms with E-state index in [9.17, 15) is 0 Å². The molecule has 0 atom stereocenters. The molecule has 0 aliphatic heterocycles. The van der Waals surface area contributed by atoms with Gasteiger partial charge in [-0.15, -0.1) is 0 Å². The summed E-state index contributed by atoms with van der Waals surface area (Å²) < 4.78 is 0. The predicted octanol–water partition coefficient (Wildman–Crippen LogP) is 2.56. The first-order chi connectivity index (χ1) is 7.44. The van der Waals surface area contributed by atoms with Crippen LogP contribution in [0.3, 0.4) is 0 Å². The molecular formula is C12H19N3S. The SMILES string of the molecule is CCC(C)(C)CNc1cc(C(N)=S)ccn1. The van der Waals surface area contributed by atoms with E-state index >= 15 is 0 Å². The largest absolute Gasteiger partial charge is 0.389 e. The third-order valence-electron chi connectivity index (χ3n) is 2.75. The fourth-order valence-corrected chi connectivity index (χ4v) is 1.26. The van der Waals surface area contributed by atoms with E-state index < -0.39 is 0 Å². The second-order valence-electron chi connectivity index (χ2n) is 4.67. The molecule has 1 heterocycles. The van der Waals surface area contributed by atoms with Crippen molar-refractivity contribution >= 4 is 23.0 Å². The molecule has 1 aromatic rings. The fraction of sp³-hybridized carbons (Fsp3) is 0.500. The van der Waals surface area contributed by atoms with E-state index in [1.807, 2.05) is 12.1 Å². The smallest absolute Gasteiger partial charge is 0.126 e. The van der Waals surface area contributed by atoms with Crippen molar-refractivity contribution in [3.8, 4) is 0 Å². The minimum atomic E-state index is 0.265. The molecular weight excluding hydrogens is 218 g/mol. The molecule has 0 amide bonds. The molecule has 0 spiro atoms. The van der Waals surface area contributed by atoms with Crippen molar-refractivity contribution in [2.24, 2.45) is 11.1 Å². The van der Waals surface area contributed by atoms with Crippen LogP contribution in [0.5, 0.6) is 0 Å². The predicted molar refractivity (Wildman–Crippen MR) is 72.7 cm³/mol. The van der Waals surface area contributed by atoms with Crippen molar-refractivity contribution in [2.75, 3.05) is 11.9 Å². The lowest BCUT2D eigenvalue weighted by Crippen LogP contribution is -2.22. The number of pyridine rings is 1. The number of rotatable bonds is 5. The lowest BCUT2D eigenvalue weighted by molar-refractivity contribution is 0.376. The van der Waals surface area contributed by atoms with Crippen LogP contribution in [0.25, 0.3) is 0 Å². The van der Waals surface area contributed by atoms with E-state index in [0.29, 0.717) is 4.99 Å². The van der Waals surface area contributed by atoms with Crippen molar-refractivity contribution in [3.05, 3.63) is 23.9 Å². The maximum atomic E-state index is 5.57. The number of anilines is 1. The van der Waals surface area contributed by atoms with E-state index in [1.54, 1.807) is 6.20 Å². The molecule has 0 fully saturated rings. The summed E-state index contributed by atoms with van der Waals surface area (Å²) in [6, 6.07) is 3.70. The average molecular weight is 237 g/mol. The summed E-state index contributed by atoms with van der Waals surface area (Å²) in [4.78, 5) is 4.64. The number of aromatic nitrogens is 1. The highest BCUT2D eigenvalue weighted by atomic mass is 32.1. The average Bonchev–Trinajstić information content (AvgIpc) is 2.27. The Bertz CT molecular complexity index is 374. The first-order valence-corrected chi connectivity index (χ1v) is 5.85. The Morgan fingerprint density at radius 2 is 2.25 bits per heavy atom. The number of thiocarbonyl (C=S) groups is 1. The monoisotopic (exact) mass is 237 g/mol. The second kappa shape index (κ2) is 5.25. The normalized spacial score (nSPS) is 11.2. The molecule has 3 N–H and O–H groups in total. The molecule has 1 rings (SSSR count). The van der Waals surface area contributed by atoms with Crippen LogP contribution in [-0.4, -0.2) is 16.5 Å². The van der Waals surface area contributed by atoms with Crippen LogP contribution in [-0.2, 0) is 0 Å². The molecule has 0 bridgehead atoms. The van der Waals surface area contributed by atoms with Gasteiger partial charge in [0.15, 0.2) is 0 Å². The van der Waals surface area contributed by atoms with Gasteiger partial charge in [-0.2, -0.15) is 0 Å². The molecule has 16 heavy (non-hydrogen) atoms. The van der Waals surface area contributed by atoms with Gasteiger partial charge in [-0.1, -0.05) is 33.0 Å². The Morgan fingerprint density at radius 3 is 2.81 bits per heavy atom. The molecule has 0 aliphatic rings. The van der Waals surface area contributed by atoms with Gasteiger partial charge in [-0.3, -0.25) is 0 Å². The van der Waals surface area contributed by atoms with Gasteiger partial charge in [-0.05, 0) is 24.0 Å². The fourth-order valence-electron chi connectivity index (χ4n) is 1.14. The highest BCUT2D eigenvalue weighted by molar-refractivity contribution is 7.80. The molecule has 4 heteroatoms. The van der Waals surface area contributed by atoms with Gasteiger partial charge in [0.1, 0.15) is 10.8 Å². The van der Waals surface area contributed by atoms with Crippen molar-refractivity contribution < 1.29 is 0 Å². The Hall–Kier alpha value is -1.16. The van der Waals surface area contributed by atoms with Gasteiger partial charge in [0, 0.05) is 18.3 Å². The highest BCUT2D eigenvalue weighted by Crippen LogP contribution is 2.20. The van der Waals surface area contributed by atoms with Gasteiger partial charge in [0.05, 0.1) is 0 Å². The zero-order valence-corrected chi connectivity index (χ0v) is 10.9. The van der Waals surface area contributed by atoms with E-state index in [1.165, 1.54) is 0 Å². The Labute approximate surface area is 102 Å². The Balaban J connectivity index is 2.68. The molecule has 0 aliphatic carbocycles. The van der Waals surface area contributed by atoms with Crippen LogP contribution in [0.15, 0.2) is 18.3 Å². The minimum absolute atomic E-state index is 0.265. The zero-order chi connectivity index (χ0) is 12.2. The molecule has 0 saturated heterocycles. The summed E-state index contributed by atoms with van der Waals surface area (Å²) in [5, 5.41) is 3.30. The first kappa shape index (κ1) is 12.9. The van der Waals surface area contributed by atoms with Gasteiger partial charge in [-0.25, -0.2) is 4.98 Å². The quantitative estimate of drug-likeness (QED) is 0.773. The zero-order valence-electron chi connectivity index (χ0n) is 10.1. The molecule has 1 aromatic heterocycles. The molecule has 0 radical (unpaired) electrons. The summed E-state index contributed by atoms with van der Waals surface area (Å²) in [5.41, 5.74) is 6.68. The number of hydrogen-bond acceptors (Lipinski definition) is 3. The lowest BCUT2D eigenvalue weighted by atomic mass is 9.90. The Morgan fingerprint density at radius 1 is 1.56 bits per heavy atom. The van der Waals surface area contributed by atoms with Crippen LogP contribution < -0.4 is 11.1 Å². The standard InChI is InChI=1S/C12H19N3S/c1-4-12(2,3)8-15-10-7-9(11(13)16)5-6-14-10/h5-7H,4,8H2,1-3H3,(H2,13,16)(H,14,15). The summed E-state index contributed by atoms with van der Waals surface area (Å²) in [7, 11) is 0. The minimum Gasteiger partial charge on any atom is -0.389 e. The van der Waals surface area contributed by atoms with E-state index in [0.717, 1.165) is 24.3 Å². The number of nitrogens with one attached hydrogen (secondary N) is 1. The number of nitrogens with two attached hydrogens (primary N) is 1. The summed E-state index contributed by atoms with van der Waals surface area (Å²) in [6.45, 7) is 7.51. The maximum Gasteiger partial charge on any atom is 0.126 e. The van der Waals surface area contributed by atoms with Crippen LogP contribution in [0.2, 0.25) is 0 Å². The van der Waals surface area contributed by atoms with Crippen LogP contribution in [0.4, 0.5) is 5.82 Å². The van der Waals surface area contributed by atoms with Crippen LogP contribution in [0, 0.1) is 5.41 Å². The summed E-state index contributed by atoms with van der Waals surface area (Å²) >= 11 is 4.92. The third kappa shape index (κ3) is 3.77. The highest BCUT2D eigenvalue weighted by Gasteiger charge is 2.14. The van der Waals surface area contributed by atoms with Crippen LogP contribution >= 0.6 is 12.2 Å². The van der Waals surface area contributed by atoms with Gasteiger partial charge in [0.25, 0.3) is 0 Å². The van der Waals surface area contributed by atoms with E-state index in [2.05, 4.69) is 31.1 Å². The third-order valence-corrected chi connectivity index (χ3v) is 2.99. The van der Waals surface area contributed by atoms with Crippen molar-refractivity contribution in [2.45, 2.75) is 27.2 Å². The van der Waals surface area contributed by atoms with Crippen LogP contribution in [0.1, 0.15) is 32.8 Å². The van der Waals surface area contributed by atoms with E-state index in [-0.39, 0.29) is 5.41 Å². The van der Waals surface area contributed by atoms with E-state index in [4.69, 9.17) is 18.0 Å². The molecule has 88 valence electrons. The summed E-state index contributed by atoms with van der Waals surface area (Å²) in [5.74, 6) is 0.826. The lowest BCUT2D eigenvalue weighted by Gasteiger charge is -2.23. The second-order valence-corrected chi connectivity index (χ2v) is 5.11. The Kier molecular flexibility index (Phi) is 4.24. The molecule has 0 unspecified atom stereocenters. The topological polar surface area (TPSA) is 50.9 Å².